The number of aryl methyl sites for hydroxylation is 1. The summed E-state index contributed by atoms with van der Waals surface area (Å²) >= 11 is 3.55. The molecule has 0 bridgehead atoms. The zero-order valence-corrected chi connectivity index (χ0v) is 13.2. The molecular weight excluding hydrogens is 328 g/mol. The maximum Gasteiger partial charge on any atom is 0.259 e. The summed E-state index contributed by atoms with van der Waals surface area (Å²) in [4.78, 5) is 14.2. The summed E-state index contributed by atoms with van der Waals surface area (Å²) in [5, 5.41) is 0. The minimum Gasteiger partial charge on any atom is -0.338 e. The Balaban J connectivity index is 2.16. The Kier molecular flexibility index (Phi) is 4.78. The first-order valence-corrected chi connectivity index (χ1v) is 7.71. The topological polar surface area (TPSA) is 20.3 Å². The van der Waals surface area contributed by atoms with Crippen LogP contribution in [-0.2, 0) is 0 Å². The lowest BCUT2D eigenvalue weighted by Crippen LogP contribution is -2.40. The van der Waals surface area contributed by atoms with Gasteiger partial charge in [-0.05, 0) is 37.3 Å². The van der Waals surface area contributed by atoms with E-state index in [0.717, 1.165) is 18.9 Å². The van der Waals surface area contributed by atoms with Gasteiger partial charge in [-0.1, -0.05) is 28.9 Å². The molecule has 0 radical (unpaired) electrons. The van der Waals surface area contributed by atoms with Crippen molar-refractivity contribution < 1.29 is 13.6 Å². The highest BCUT2D eigenvalue weighted by molar-refractivity contribution is 9.09. The monoisotopic (exact) mass is 345 g/mol. The van der Waals surface area contributed by atoms with E-state index in [9.17, 15) is 13.6 Å². The summed E-state index contributed by atoms with van der Waals surface area (Å²) in [6, 6.07) is 2.50. The van der Waals surface area contributed by atoms with Crippen molar-refractivity contribution in [2.45, 2.75) is 31.5 Å². The van der Waals surface area contributed by atoms with Gasteiger partial charge in [-0.2, -0.15) is 0 Å². The minimum absolute atomic E-state index is 0.290. The van der Waals surface area contributed by atoms with E-state index in [-0.39, 0.29) is 0 Å². The number of carbonyl (C=O) groups is 1. The van der Waals surface area contributed by atoms with Crippen LogP contribution in [0.3, 0.4) is 0 Å². The molecular formula is C15H18BrF2NO. The first-order valence-electron chi connectivity index (χ1n) is 6.79. The van der Waals surface area contributed by atoms with Crippen molar-refractivity contribution in [1.29, 1.82) is 0 Å². The maximum absolute atomic E-state index is 14.0. The summed E-state index contributed by atoms with van der Waals surface area (Å²) in [6.45, 7) is 4.71. The molecule has 110 valence electrons. The van der Waals surface area contributed by atoms with E-state index < -0.39 is 23.1 Å². The van der Waals surface area contributed by atoms with Crippen LogP contribution < -0.4 is 0 Å². The van der Waals surface area contributed by atoms with E-state index in [1.807, 2.05) is 0 Å². The molecule has 1 saturated heterocycles. The average molecular weight is 346 g/mol. The second-order valence-electron chi connectivity index (χ2n) is 5.36. The smallest absolute Gasteiger partial charge is 0.259 e. The van der Waals surface area contributed by atoms with Crippen LogP contribution in [0.15, 0.2) is 12.1 Å². The Bertz CT molecular complexity index is 511. The molecule has 1 unspecified atom stereocenters. The van der Waals surface area contributed by atoms with Crippen molar-refractivity contribution in [2.75, 3.05) is 13.1 Å². The molecule has 20 heavy (non-hydrogen) atoms. The van der Waals surface area contributed by atoms with Gasteiger partial charge < -0.3 is 4.90 Å². The van der Waals surface area contributed by atoms with E-state index >= 15 is 0 Å². The highest BCUT2D eigenvalue weighted by Gasteiger charge is 2.29. The van der Waals surface area contributed by atoms with Crippen molar-refractivity contribution in [3.63, 3.8) is 0 Å². The number of likely N-dealkylation sites (tertiary alicyclic amines) is 1. The van der Waals surface area contributed by atoms with Gasteiger partial charge in [-0.3, -0.25) is 4.79 Å². The van der Waals surface area contributed by atoms with E-state index in [1.54, 1.807) is 4.90 Å². The number of hydrogen-bond acceptors (Lipinski definition) is 1. The molecule has 0 N–H and O–H groups in total. The van der Waals surface area contributed by atoms with Crippen LogP contribution in [0.4, 0.5) is 8.78 Å². The van der Waals surface area contributed by atoms with Gasteiger partial charge in [0.1, 0.15) is 17.2 Å². The van der Waals surface area contributed by atoms with Gasteiger partial charge in [0.25, 0.3) is 5.91 Å². The highest BCUT2D eigenvalue weighted by Crippen LogP contribution is 2.27. The molecule has 2 nitrogen and oxygen atoms in total. The second kappa shape index (κ2) is 6.20. The molecule has 1 amide bonds. The third-order valence-electron chi connectivity index (χ3n) is 3.97. The summed E-state index contributed by atoms with van der Waals surface area (Å²) in [5.74, 6) is -1.56. The summed E-state index contributed by atoms with van der Waals surface area (Å²) < 4.78 is 27.7. The molecule has 1 atom stereocenters. The molecule has 1 aromatic rings. The molecule has 0 aliphatic carbocycles. The summed E-state index contributed by atoms with van der Waals surface area (Å²) in [7, 11) is 0. The lowest BCUT2D eigenvalue weighted by Gasteiger charge is -2.33. The molecule has 1 aliphatic heterocycles. The molecule has 0 saturated carbocycles. The van der Waals surface area contributed by atoms with Gasteiger partial charge in [0.05, 0.1) is 0 Å². The Morgan fingerprint density at radius 3 is 2.50 bits per heavy atom. The van der Waals surface area contributed by atoms with E-state index in [1.165, 1.54) is 13.0 Å². The molecule has 2 rings (SSSR count). The largest absolute Gasteiger partial charge is 0.338 e. The Labute approximate surface area is 126 Å². The van der Waals surface area contributed by atoms with Crippen molar-refractivity contribution >= 4 is 21.8 Å². The summed E-state index contributed by atoms with van der Waals surface area (Å²) in [6.07, 6.45) is 1.71. The first-order chi connectivity index (χ1) is 9.41. The van der Waals surface area contributed by atoms with Crippen LogP contribution in [-0.4, -0.2) is 28.7 Å². The predicted octanol–water partition coefficient (Wildman–Crippen LogP) is 3.91. The quantitative estimate of drug-likeness (QED) is 0.744. The van der Waals surface area contributed by atoms with Gasteiger partial charge in [0, 0.05) is 17.9 Å². The molecule has 5 heteroatoms. The number of hydrogen-bond donors (Lipinski definition) is 0. The standard InChI is InChI=1S/C15H18BrF2NO/c1-9-3-4-12(17)13(14(9)18)15(20)19-7-5-11(6-8-19)10(2)16/h3-4,10-11H,5-8H2,1-2H3. The molecule has 0 aromatic heterocycles. The lowest BCUT2D eigenvalue weighted by molar-refractivity contribution is 0.0681. The summed E-state index contributed by atoms with van der Waals surface area (Å²) in [5.41, 5.74) is -0.131. The van der Waals surface area contributed by atoms with Crippen LogP contribution in [0.1, 0.15) is 35.7 Å². The number of carbonyl (C=O) groups excluding carboxylic acids is 1. The first kappa shape index (κ1) is 15.4. The highest BCUT2D eigenvalue weighted by atomic mass is 79.9. The number of halogens is 3. The molecule has 1 aromatic carbocycles. The van der Waals surface area contributed by atoms with Crippen LogP contribution in [0.25, 0.3) is 0 Å². The van der Waals surface area contributed by atoms with Crippen molar-refractivity contribution in [2.24, 2.45) is 5.92 Å². The average Bonchev–Trinajstić information content (AvgIpc) is 2.43. The number of alkyl halides is 1. The van der Waals surface area contributed by atoms with Crippen LogP contribution >= 0.6 is 15.9 Å². The zero-order chi connectivity index (χ0) is 14.9. The minimum atomic E-state index is -0.783. The van der Waals surface area contributed by atoms with Gasteiger partial charge in [-0.15, -0.1) is 0 Å². The zero-order valence-electron chi connectivity index (χ0n) is 11.6. The molecule has 1 aliphatic rings. The number of rotatable bonds is 2. The van der Waals surface area contributed by atoms with E-state index in [2.05, 4.69) is 22.9 Å². The Morgan fingerprint density at radius 2 is 1.95 bits per heavy atom. The van der Waals surface area contributed by atoms with E-state index in [0.29, 0.717) is 29.4 Å². The third-order valence-corrected chi connectivity index (χ3v) is 4.72. The fraction of sp³-hybridized carbons (Fsp3) is 0.533. The van der Waals surface area contributed by atoms with E-state index in [4.69, 9.17) is 0 Å². The number of piperidine rings is 1. The van der Waals surface area contributed by atoms with Gasteiger partial charge in [0.2, 0.25) is 0 Å². The van der Waals surface area contributed by atoms with Gasteiger partial charge in [-0.25, -0.2) is 8.78 Å². The number of amides is 1. The SMILES string of the molecule is Cc1ccc(F)c(C(=O)N2CCC(C(C)Br)CC2)c1F. The predicted molar refractivity (Wildman–Crippen MR) is 78.1 cm³/mol. The van der Waals surface area contributed by atoms with Crippen molar-refractivity contribution in [3.05, 3.63) is 34.9 Å². The maximum atomic E-state index is 14.0. The van der Waals surface area contributed by atoms with Gasteiger partial charge in [0.15, 0.2) is 0 Å². The number of nitrogens with zero attached hydrogens (tertiary/aromatic N) is 1. The van der Waals surface area contributed by atoms with Crippen LogP contribution in [0, 0.1) is 24.5 Å². The molecule has 0 spiro atoms. The fourth-order valence-electron chi connectivity index (χ4n) is 2.57. The Hall–Kier alpha value is -0.970. The van der Waals surface area contributed by atoms with Gasteiger partial charge >= 0.3 is 0 Å². The van der Waals surface area contributed by atoms with Crippen LogP contribution in [0.5, 0.6) is 0 Å². The van der Waals surface area contributed by atoms with Crippen molar-refractivity contribution in [3.8, 4) is 0 Å². The van der Waals surface area contributed by atoms with Crippen LogP contribution in [0.2, 0.25) is 0 Å². The third kappa shape index (κ3) is 3.03. The second-order valence-corrected chi connectivity index (χ2v) is 6.80. The molecule has 1 fully saturated rings. The fourth-order valence-corrected chi connectivity index (χ4v) is 3.10. The molecule has 1 heterocycles. The lowest BCUT2D eigenvalue weighted by atomic mass is 9.94. The van der Waals surface area contributed by atoms with Crippen molar-refractivity contribution in [1.82, 2.24) is 4.90 Å². The number of benzene rings is 1. The normalized spacial score (nSPS) is 18.1. The Morgan fingerprint density at radius 1 is 1.35 bits per heavy atom.